The van der Waals surface area contributed by atoms with Crippen LogP contribution in [0.2, 0.25) is 0 Å². The third-order valence-corrected chi connectivity index (χ3v) is 3.29. The normalized spacial score (nSPS) is 11.9. The van der Waals surface area contributed by atoms with Gasteiger partial charge in [0.15, 0.2) is 0 Å². The number of hydrazine groups is 1. The van der Waals surface area contributed by atoms with E-state index in [0.717, 1.165) is 5.75 Å². The van der Waals surface area contributed by atoms with Crippen molar-refractivity contribution in [1.82, 2.24) is 5.32 Å². The van der Waals surface area contributed by atoms with E-state index in [1.807, 2.05) is 12.1 Å². The fourth-order valence-corrected chi connectivity index (χ4v) is 2.20. The van der Waals surface area contributed by atoms with E-state index in [1.54, 1.807) is 23.9 Å². The molecule has 4 nitrogen and oxygen atoms in total. The van der Waals surface area contributed by atoms with Gasteiger partial charge in [-0.25, -0.2) is 0 Å². The molecule has 0 aromatic heterocycles. The Kier molecular flexibility index (Phi) is 5.86. The molecule has 1 aromatic rings. The summed E-state index contributed by atoms with van der Waals surface area (Å²) in [5, 5.41) is 2.91. The summed E-state index contributed by atoms with van der Waals surface area (Å²) in [7, 11) is 0. The summed E-state index contributed by atoms with van der Waals surface area (Å²) in [6.07, 6.45) is 2.06. The van der Waals surface area contributed by atoms with Crippen molar-refractivity contribution >= 4 is 23.4 Å². The molecule has 1 rings (SSSR count). The highest BCUT2D eigenvalue weighted by atomic mass is 32.2. The fraction of sp³-hybridized carbons (Fsp3) is 0.417. The maximum atomic E-state index is 11.9. The minimum absolute atomic E-state index is 0.0912. The number of thioether (sulfide) groups is 1. The van der Waals surface area contributed by atoms with Gasteiger partial charge in [-0.1, -0.05) is 19.1 Å². The first-order valence-electron chi connectivity index (χ1n) is 5.51. The Morgan fingerprint density at radius 1 is 1.47 bits per heavy atom. The van der Waals surface area contributed by atoms with Gasteiger partial charge >= 0.3 is 0 Å². The molecule has 4 N–H and O–H groups in total. The highest BCUT2D eigenvalue weighted by molar-refractivity contribution is 7.98. The van der Waals surface area contributed by atoms with Gasteiger partial charge < -0.3 is 10.7 Å². The van der Waals surface area contributed by atoms with E-state index < -0.39 is 0 Å². The summed E-state index contributed by atoms with van der Waals surface area (Å²) in [6.45, 7) is 2.79. The van der Waals surface area contributed by atoms with Gasteiger partial charge in [0.1, 0.15) is 0 Å². The number of anilines is 1. The number of nitrogen functional groups attached to an aromatic ring is 1. The highest BCUT2D eigenvalue weighted by Crippen LogP contribution is 2.13. The molecule has 0 spiro atoms. The zero-order chi connectivity index (χ0) is 12.7. The Bertz CT molecular complexity index is 371. The molecule has 0 saturated carbocycles. The van der Waals surface area contributed by atoms with Crippen LogP contribution < -0.4 is 16.6 Å². The molecule has 1 amide bonds. The van der Waals surface area contributed by atoms with Crippen LogP contribution in [0.5, 0.6) is 0 Å². The standard InChI is InChI=1S/C12H19N3OS/c1-9(8-17-2)7-14-12(16)10-5-3-4-6-11(10)15-13/h3-6,9,15H,7-8,13H2,1-2H3,(H,14,16). The lowest BCUT2D eigenvalue weighted by atomic mass is 10.1. The molecule has 1 atom stereocenters. The summed E-state index contributed by atoms with van der Waals surface area (Å²) >= 11 is 1.78. The summed E-state index contributed by atoms with van der Waals surface area (Å²) in [6, 6.07) is 7.19. The number of rotatable bonds is 6. The Morgan fingerprint density at radius 2 is 2.18 bits per heavy atom. The van der Waals surface area contributed by atoms with Crippen molar-refractivity contribution in [3.8, 4) is 0 Å². The van der Waals surface area contributed by atoms with E-state index in [-0.39, 0.29) is 5.91 Å². The van der Waals surface area contributed by atoms with E-state index in [4.69, 9.17) is 5.84 Å². The third-order valence-electron chi connectivity index (χ3n) is 2.39. The SMILES string of the molecule is CSCC(C)CNC(=O)c1ccccc1NN. The van der Waals surface area contributed by atoms with E-state index in [2.05, 4.69) is 23.9 Å². The molecule has 0 heterocycles. The van der Waals surface area contributed by atoms with Crippen molar-refractivity contribution < 1.29 is 4.79 Å². The maximum absolute atomic E-state index is 11.9. The molecule has 0 fully saturated rings. The van der Waals surface area contributed by atoms with Gasteiger partial charge in [-0.3, -0.25) is 10.6 Å². The minimum Gasteiger partial charge on any atom is -0.352 e. The lowest BCUT2D eigenvalue weighted by molar-refractivity contribution is 0.0950. The molecular weight excluding hydrogens is 234 g/mol. The number of nitrogens with two attached hydrogens (primary N) is 1. The van der Waals surface area contributed by atoms with E-state index in [0.29, 0.717) is 23.7 Å². The van der Waals surface area contributed by atoms with Gasteiger partial charge in [0, 0.05) is 6.54 Å². The second-order valence-corrected chi connectivity index (χ2v) is 4.87. The fourth-order valence-electron chi connectivity index (χ4n) is 1.51. The van der Waals surface area contributed by atoms with Crippen LogP contribution in [-0.2, 0) is 0 Å². The van der Waals surface area contributed by atoms with E-state index >= 15 is 0 Å². The van der Waals surface area contributed by atoms with E-state index in [9.17, 15) is 4.79 Å². The molecule has 94 valence electrons. The van der Waals surface area contributed by atoms with Crippen LogP contribution in [0, 0.1) is 5.92 Å². The van der Waals surface area contributed by atoms with Crippen molar-refractivity contribution in [2.75, 3.05) is 24.0 Å². The van der Waals surface area contributed by atoms with Crippen molar-refractivity contribution in [1.29, 1.82) is 0 Å². The monoisotopic (exact) mass is 253 g/mol. The molecule has 17 heavy (non-hydrogen) atoms. The number of amides is 1. The van der Waals surface area contributed by atoms with Crippen LogP contribution in [0.15, 0.2) is 24.3 Å². The molecule has 0 aliphatic heterocycles. The first-order chi connectivity index (χ1) is 8.19. The van der Waals surface area contributed by atoms with Crippen LogP contribution in [0.1, 0.15) is 17.3 Å². The second-order valence-electron chi connectivity index (χ2n) is 3.96. The number of carbonyl (C=O) groups excluding carboxylic acids is 1. The van der Waals surface area contributed by atoms with Crippen LogP contribution in [0.25, 0.3) is 0 Å². The minimum atomic E-state index is -0.0912. The van der Waals surface area contributed by atoms with Crippen LogP contribution >= 0.6 is 11.8 Å². The predicted molar refractivity (Wildman–Crippen MR) is 74.1 cm³/mol. The molecule has 0 saturated heterocycles. The average Bonchev–Trinajstić information content (AvgIpc) is 2.36. The second kappa shape index (κ2) is 7.19. The lowest BCUT2D eigenvalue weighted by Gasteiger charge is -2.13. The van der Waals surface area contributed by atoms with E-state index in [1.165, 1.54) is 0 Å². The molecule has 0 radical (unpaired) electrons. The summed E-state index contributed by atoms with van der Waals surface area (Å²) < 4.78 is 0. The molecular formula is C12H19N3OS. The molecule has 0 aliphatic carbocycles. The van der Waals surface area contributed by atoms with Gasteiger partial charge in [-0.2, -0.15) is 11.8 Å². The summed E-state index contributed by atoms with van der Waals surface area (Å²) in [4.78, 5) is 11.9. The number of para-hydroxylation sites is 1. The third kappa shape index (κ3) is 4.28. The molecule has 1 unspecified atom stereocenters. The Morgan fingerprint density at radius 3 is 2.82 bits per heavy atom. The van der Waals surface area contributed by atoms with Crippen molar-refractivity contribution in [3.05, 3.63) is 29.8 Å². The highest BCUT2D eigenvalue weighted by Gasteiger charge is 2.10. The quantitative estimate of drug-likeness (QED) is 0.533. The Labute approximate surface area is 106 Å². The number of hydrogen-bond acceptors (Lipinski definition) is 4. The summed E-state index contributed by atoms with van der Waals surface area (Å²) in [5.74, 6) is 6.77. The Hall–Kier alpha value is -1.20. The Balaban J connectivity index is 2.58. The van der Waals surface area contributed by atoms with Gasteiger partial charge in [0.25, 0.3) is 5.91 Å². The van der Waals surface area contributed by atoms with Crippen molar-refractivity contribution in [2.24, 2.45) is 11.8 Å². The van der Waals surface area contributed by atoms with Gasteiger partial charge in [0.2, 0.25) is 0 Å². The first kappa shape index (κ1) is 13.9. The van der Waals surface area contributed by atoms with Gasteiger partial charge in [0.05, 0.1) is 11.3 Å². The largest absolute Gasteiger partial charge is 0.352 e. The zero-order valence-electron chi connectivity index (χ0n) is 10.2. The smallest absolute Gasteiger partial charge is 0.253 e. The van der Waals surface area contributed by atoms with Crippen molar-refractivity contribution in [3.63, 3.8) is 0 Å². The molecule has 0 bridgehead atoms. The van der Waals surface area contributed by atoms with Crippen LogP contribution in [0.4, 0.5) is 5.69 Å². The molecule has 0 aliphatic rings. The van der Waals surface area contributed by atoms with Crippen molar-refractivity contribution in [2.45, 2.75) is 6.92 Å². The van der Waals surface area contributed by atoms with Crippen LogP contribution in [0.3, 0.4) is 0 Å². The molecule has 1 aromatic carbocycles. The summed E-state index contributed by atoms with van der Waals surface area (Å²) in [5.41, 5.74) is 3.74. The average molecular weight is 253 g/mol. The number of benzene rings is 1. The number of carbonyl (C=O) groups is 1. The lowest BCUT2D eigenvalue weighted by Crippen LogP contribution is -2.30. The van der Waals surface area contributed by atoms with Gasteiger partial charge in [-0.15, -0.1) is 0 Å². The van der Waals surface area contributed by atoms with Gasteiger partial charge in [-0.05, 0) is 30.1 Å². The predicted octanol–water partition coefficient (Wildman–Crippen LogP) is 1.70. The maximum Gasteiger partial charge on any atom is 0.253 e. The number of nitrogens with one attached hydrogen (secondary N) is 2. The van der Waals surface area contributed by atoms with Crippen LogP contribution in [-0.4, -0.2) is 24.5 Å². The first-order valence-corrected chi connectivity index (χ1v) is 6.91. The number of hydrogen-bond donors (Lipinski definition) is 3. The zero-order valence-corrected chi connectivity index (χ0v) is 11.0. The molecule has 5 heteroatoms. The topological polar surface area (TPSA) is 67.2 Å².